The summed E-state index contributed by atoms with van der Waals surface area (Å²) in [6.45, 7) is 4.41. The number of hydrogen-bond acceptors (Lipinski definition) is 6. The summed E-state index contributed by atoms with van der Waals surface area (Å²) in [6.07, 6.45) is 1.14. The Morgan fingerprint density at radius 3 is 2.53 bits per heavy atom. The number of nitrogens with zero attached hydrogens (tertiary/aromatic N) is 2. The zero-order valence-electron chi connectivity index (χ0n) is 8.91. The first-order valence-corrected chi connectivity index (χ1v) is 4.89. The molecule has 2 rings (SSSR count). The van der Waals surface area contributed by atoms with Crippen molar-refractivity contribution < 1.29 is 0 Å². The maximum atomic E-state index is 5.54. The number of aromatic nitrogens is 2. The Morgan fingerprint density at radius 1 is 1.40 bits per heavy atom. The van der Waals surface area contributed by atoms with Crippen molar-refractivity contribution in [1.29, 1.82) is 0 Å². The van der Waals surface area contributed by atoms with Crippen molar-refractivity contribution in [3.8, 4) is 0 Å². The Balaban J connectivity index is 2.11. The monoisotopic (exact) mass is 208 g/mol. The SMILES string of the molecule is CC1(C)CC1Nc1cc(NN)nc(N)n1. The van der Waals surface area contributed by atoms with Crippen LogP contribution >= 0.6 is 0 Å². The molecule has 0 bridgehead atoms. The fourth-order valence-electron chi connectivity index (χ4n) is 1.51. The highest BCUT2D eigenvalue weighted by Gasteiger charge is 2.45. The third kappa shape index (κ3) is 2.10. The van der Waals surface area contributed by atoms with E-state index in [4.69, 9.17) is 11.6 Å². The number of nitrogen functional groups attached to an aromatic ring is 2. The van der Waals surface area contributed by atoms with Gasteiger partial charge in [-0.2, -0.15) is 9.97 Å². The Hall–Kier alpha value is -1.56. The van der Waals surface area contributed by atoms with E-state index in [1.54, 1.807) is 6.07 Å². The van der Waals surface area contributed by atoms with Crippen LogP contribution in [0.2, 0.25) is 0 Å². The molecule has 6 heteroatoms. The number of hydrogen-bond donors (Lipinski definition) is 4. The van der Waals surface area contributed by atoms with Crippen molar-refractivity contribution in [2.24, 2.45) is 11.3 Å². The largest absolute Gasteiger partial charge is 0.368 e. The van der Waals surface area contributed by atoms with Gasteiger partial charge in [-0.3, -0.25) is 0 Å². The van der Waals surface area contributed by atoms with Gasteiger partial charge in [-0.25, -0.2) is 5.84 Å². The van der Waals surface area contributed by atoms with Crippen molar-refractivity contribution in [3.05, 3.63) is 6.07 Å². The van der Waals surface area contributed by atoms with Crippen LogP contribution in [-0.2, 0) is 0 Å². The smallest absolute Gasteiger partial charge is 0.223 e. The van der Waals surface area contributed by atoms with Crippen LogP contribution in [-0.4, -0.2) is 16.0 Å². The third-order valence-electron chi connectivity index (χ3n) is 2.73. The number of nitrogens with one attached hydrogen (secondary N) is 2. The molecule has 6 nitrogen and oxygen atoms in total. The van der Waals surface area contributed by atoms with Gasteiger partial charge in [0.05, 0.1) is 0 Å². The minimum atomic E-state index is 0.214. The molecular weight excluding hydrogens is 192 g/mol. The van der Waals surface area contributed by atoms with E-state index in [1.165, 1.54) is 0 Å². The maximum Gasteiger partial charge on any atom is 0.223 e. The number of anilines is 3. The first kappa shape index (κ1) is 9.97. The summed E-state index contributed by atoms with van der Waals surface area (Å²) < 4.78 is 0. The molecule has 1 unspecified atom stereocenters. The molecule has 1 aromatic heterocycles. The number of rotatable bonds is 3. The van der Waals surface area contributed by atoms with Crippen LogP contribution in [0.5, 0.6) is 0 Å². The van der Waals surface area contributed by atoms with E-state index in [1.807, 2.05) is 0 Å². The molecule has 6 N–H and O–H groups in total. The molecule has 1 aliphatic carbocycles. The molecule has 0 aliphatic heterocycles. The standard InChI is InChI=1S/C9H16N6/c1-9(2)4-5(9)12-6-3-7(15-11)14-8(10)13-6/h3,5H,4,11H2,1-2H3,(H4,10,12,13,14,15). The molecular formula is C9H16N6. The van der Waals surface area contributed by atoms with Gasteiger partial charge in [0.1, 0.15) is 11.6 Å². The summed E-state index contributed by atoms with van der Waals surface area (Å²) in [4.78, 5) is 7.99. The highest BCUT2D eigenvalue weighted by molar-refractivity contribution is 5.51. The van der Waals surface area contributed by atoms with Crippen molar-refractivity contribution in [3.63, 3.8) is 0 Å². The molecule has 1 atom stereocenters. The van der Waals surface area contributed by atoms with Gasteiger partial charge < -0.3 is 16.5 Å². The summed E-state index contributed by atoms with van der Waals surface area (Å²) in [5.74, 6) is 6.71. The molecule has 1 heterocycles. The predicted molar refractivity (Wildman–Crippen MR) is 60.1 cm³/mol. The first-order chi connectivity index (χ1) is 7.01. The topological polar surface area (TPSA) is 102 Å². The average Bonchev–Trinajstić information content (AvgIpc) is 2.72. The minimum Gasteiger partial charge on any atom is -0.368 e. The molecule has 0 aromatic carbocycles. The first-order valence-electron chi connectivity index (χ1n) is 4.89. The summed E-state index contributed by atoms with van der Waals surface area (Å²) in [7, 11) is 0. The van der Waals surface area contributed by atoms with Gasteiger partial charge in [0.2, 0.25) is 5.95 Å². The average molecular weight is 208 g/mol. The van der Waals surface area contributed by atoms with E-state index in [0.717, 1.165) is 6.42 Å². The van der Waals surface area contributed by atoms with E-state index < -0.39 is 0 Å². The third-order valence-corrected chi connectivity index (χ3v) is 2.73. The van der Waals surface area contributed by atoms with Crippen LogP contribution in [0.25, 0.3) is 0 Å². The van der Waals surface area contributed by atoms with Crippen molar-refractivity contribution in [2.45, 2.75) is 26.3 Å². The van der Waals surface area contributed by atoms with Gasteiger partial charge in [-0.1, -0.05) is 13.8 Å². The lowest BCUT2D eigenvalue weighted by Gasteiger charge is -2.09. The summed E-state index contributed by atoms with van der Waals surface area (Å²) in [5, 5.41) is 3.30. The Labute approximate surface area is 88.4 Å². The Morgan fingerprint density at radius 2 is 2.00 bits per heavy atom. The van der Waals surface area contributed by atoms with Gasteiger partial charge in [-0.05, 0) is 11.8 Å². The highest BCUT2D eigenvalue weighted by atomic mass is 15.3. The van der Waals surface area contributed by atoms with Crippen molar-refractivity contribution in [2.75, 3.05) is 16.5 Å². The molecule has 15 heavy (non-hydrogen) atoms. The zero-order chi connectivity index (χ0) is 11.1. The summed E-state index contributed by atoms with van der Waals surface area (Å²) in [5.41, 5.74) is 8.34. The van der Waals surface area contributed by atoms with Crippen LogP contribution in [0.3, 0.4) is 0 Å². The second-order valence-electron chi connectivity index (χ2n) is 4.53. The molecule has 0 radical (unpaired) electrons. The molecule has 0 saturated heterocycles. The van der Waals surface area contributed by atoms with E-state index in [9.17, 15) is 0 Å². The lowest BCUT2D eigenvalue weighted by molar-refractivity contribution is 0.630. The van der Waals surface area contributed by atoms with Crippen molar-refractivity contribution >= 4 is 17.6 Å². The Kier molecular flexibility index (Phi) is 2.15. The van der Waals surface area contributed by atoms with Crippen LogP contribution in [0.4, 0.5) is 17.6 Å². The van der Waals surface area contributed by atoms with Gasteiger partial charge in [-0.15, -0.1) is 0 Å². The summed E-state index contributed by atoms with van der Waals surface area (Å²) >= 11 is 0. The predicted octanol–water partition coefficient (Wildman–Crippen LogP) is 0.555. The van der Waals surface area contributed by atoms with E-state index in [0.29, 0.717) is 23.1 Å². The molecule has 82 valence electrons. The lowest BCUT2D eigenvalue weighted by atomic mass is 10.2. The quantitative estimate of drug-likeness (QED) is 0.427. The van der Waals surface area contributed by atoms with E-state index in [2.05, 4.69) is 34.6 Å². The van der Waals surface area contributed by atoms with Crippen LogP contribution in [0.15, 0.2) is 6.07 Å². The summed E-state index contributed by atoms with van der Waals surface area (Å²) in [6, 6.07) is 2.20. The van der Waals surface area contributed by atoms with E-state index >= 15 is 0 Å². The molecule has 1 aliphatic rings. The van der Waals surface area contributed by atoms with Gasteiger partial charge >= 0.3 is 0 Å². The fraction of sp³-hybridized carbons (Fsp3) is 0.556. The van der Waals surface area contributed by atoms with Gasteiger partial charge in [0.25, 0.3) is 0 Å². The second-order valence-corrected chi connectivity index (χ2v) is 4.53. The van der Waals surface area contributed by atoms with Crippen LogP contribution in [0.1, 0.15) is 20.3 Å². The zero-order valence-corrected chi connectivity index (χ0v) is 8.91. The van der Waals surface area contributed by atoms with Crippen LogP contribution < -0.4 is 22.3 Å². The molecule has 0 spiro atoms. The van der Waals surface area contributed by atoms with Gasteiger partial charge in [0.15, 0.2) is 0 Å². The number of nitrogens with two attached hydrogens (primary N) is 2. The molecule has 1 aromatic rings. The van der Waals surface area contributed by atoms with Crippen molar-refractivity contribution in [1.82, 2.24) is 9.97 Å². The number of hydrazine groups is 1. The molecule has 1 saturated carbocycles. The Bertz CT molecular complexity index is 375. The molecule has 0 amide bonds. The highest BCUT2D eigenvalue weighted by Crippen LogP contribution is 2.46. The van der Waals surface area contributed by atoms with Crippen LogP contribution in [0, 0.1) is 5.41 Å². The normalized spacial score (nSPS) is 22.2. The van der Waals surface area contributed by atoms with Gasteiger partial charge in [0, 0.05) is 12.1 Å². The minimum absolute atomic E-state index is 0.214. The second kappa shape index (κ2) is 3.23. The lowest BCUT2D eigenvalue weighted by Crippen LogP contribution is -2.14. The van der Waals surface area contributed by atoms with E-state index in [-0.39, 0.29) is 5.95 Å². The maximum absolute atomic E-state index is 5.54. The molecule has 1 fully saturated rings. The fourth-order valence-corrected chi connectivity index (χ4v) is 1.51.